The monoisotopic (exact) mass is 258 g/mol. The van der Waals surface area contributed by atoms with Gasteiger partial charge in [-0.3, -0.25) is 0 Å². The van der Waals surface area contributed by atoms with E-state index in [-0.39, 0.29) is 0 Å². The van der Waals surface area contributed by atoms with Crippen LogP contribution < -0.4 is 0 Å². The number of rotatable bonds is 4. The van der Waals surface area contributed by atoms with Crippen molar-refractivity contribution in [2.24, 2.45) is 0 Å². The summed E-state index contributed by atoms with van der Waals surface area (Å²) in [5.41, 5.74) is 2.82. The molecular formula is C15H18N2S. The molecule has 94 valence electrons. The van der Waals surface area contributed by atoms with Crippen molar-refractivity contribution in [2.75, 3.05) is 5.75 Å². The fourth-order valence-corrected chi connectivity index (χ4v) is 3.38. The molecule has 0 unspecified atom stereocenters. The Bertz CT molecular complexity index is 504. The second-order valence-corrected chi connectivity index (χ2v) is 5.87. The number of fused-ring (bicyclic) bond motifs is 1. The average Bonchev–Trinajstić information content (AvgIpc) is 2.84. The summed E-state index contributed by atoms with van der Waals surface area (Å²) in [6.45, 7) is 1.07. The molecule has 3 heteroatoms. The first kappa shape index (κ1) is 11.8. The third-order valence-electron chi connectivity index (χ3n) is 3.45. The zero-order chi connectivity index (χ0) is 12.2. The topological polar surface area (TPSA) is 17.8 Å². The summed E-state index contributed by atoms with van der Waals surface area (Å²) in [5, 5.41) is 0. The van der Waals surface area contributed by atoms with Gasteiger partial charge >= 0.3 is 0 Å². The minimum absolute atomic E-state index is 1.07. The molecule has 0 saturated carbocycles. The Kier molecular flexibility index (Phi) is 3.69. The van der Waals surface area contributed by atoms with Crippen LogP contribution in [0.15, 0.2) is 41.6 Å². The summed E-state index contributed by atoms with van der Waals surface area (Å²) in [5.74, 6) is 1.12. The van der Waals surface area contributed by atoms with Crippen molar-refractivity contribution in [3.05, 3.63) is 48.0 Å². The maximum Gasteiger partial charge on any atom is 0.0951 e. The van der Waals surface area contributed by atoms with E-state index in [1.165, 1.54) is 42.0 Å². The van der Waals surface area contributed by atoms with Crippen LogP contribution in [0.2, 0.25) is 0 Å². The Balaban J connectivity index is 1.59. The van der Waals surface area contributed by atoms with E-state index in [2.05, 4.69) is 39.9 Å². The smallest absolute Gasteiger partial charge is 0.0951 e. The predicted molar refractivity (Wildman–Crippen MR) is 76.0 cm³/mol. The molecule has 3 rings (SSSR count). The second-order valence-electron chi connectivity index (χ2n) is 4.70. The molecule has 0 amide bonds. The molecule has 1 aliphatic carbocycles. The van der Waals surface area contributed by atoms with Gasteiger partial charge in [-0.25, -0.2) is 4.98 Å². The SMILES string of the molecule is c1ccc(SCCn2cnc3c2CCCC3)cc1. The van der Waals surface area contributed by atoms with E-state index in [0.29, 0.717) is 0 Å². The lowest BCUT2D eigenvalue weighted by Gasteiger charge is -2.13. The zero-order valence-electron chi connectivity index (χ0n) is 10.5. The Hall–Kier alpha value is -1.22. The van der Waals surface area contributed by atoms with Gasteiger partial charge < -0.3 is 4.57 Å². The first-order valence-corrected chi connectivity index (χ1v) is 7.63. The standard InChI is InChI=1S/C15H18N2S/c1-2-6-13(7-3-1)18-11-10-17-12-16-14-8-4-5-9-15(14)17/h1-3,6-7,12H,4-5,8-11H2. The largest absolute Gasteiger partial charge is 0.333 e. The van der Waals surface area contributed by atoms with Crippen LogP contribution in [0.3, 0.4) is 0 Å². The first-order chi connectivity index (χ1) is 8.93. The molecule has 0 atom stereocenters. The van der Waals surface area contributed by atoms with Gasteiger partial charge in [0.05, 0.1) is 12.0 Å². The Labute approximate surface area is 112 Å². The number of nitrogens with zero attached hydrogens (tertiary/aromatic N) is 2. The molecular weight excluding hydrogens is 240 g/mol. The van der Waals surface area contributed by atoms with Crippen LogP contribution in [0.4, 0.5) is 0 Å². The van der Waals surface area contributed by atoms with Crippen molar-refractivity contribution >= 4 is 11.8 Å². The van der Waals surface area contributed by atoms with Gasteiger partial charge in [0.1, 0.15) is 0 Å². The molecule has 0 spiro atoms. The minimum Gasteiger partial charge on any atom is -0.333 e. The molecule has 0 radical (unpaired) electrons. The van der Waals surface area contributed by atoms with Gasteiger partial charge in [0.25, 0.3) is 0 Å². The Morgan fingerprint density at radius 3 is 2.83 bits per heavy atom. The average molecular weight is 258 g/mol. The van der Waals surface area contributed by atoms with Crippen LogP contribution in [-0.4, -0.2) is 15.3 Å². The normalized spacial score (nSPS) is 14.4. The van der Waals surface area contributed by atoms with Crippen LogP contribution in [0.5, 0.6) is 0 Å². The molecule has 1 aromatic carbocycles. The van der Waals surface area contributed by atoms with Crippen LogP contribution in [0.1, 0.15) is 24.2 Å². The summed E-state index contributed by atoms with van der Waals surface area (Å²) >= 11 is 1.92. The van der Waals surface area contributed by atoms with Crippen molar-refractivity contribution in [1.29, 1.82) is 0 Å². The van der Waals surface area contributed by atoms with Gasteiger partial charge in [0.2, 0.25) is 0 Å². The van der Waals surface area contributed by atoms with Gasteiger partial charge in [0, 0.05) is 22.9 Å². The van der Waals surface area contributed by atoms with E-state index in [1.807, 2.05) is 18.1 Å². The van der Waals surface area contributed by atoms with Crippen molar-refractivity contribution in [1.82, 2.24) is 9.55 Å². The summed E-state index contributed by atoms with van der Waals surface area (Å²) in [6, 6.07) is 10.6. The van der Waals surface area contributed by atoms with Gasteiger partial charge in [-0.15, -0.1) is 11.8 Å². The van der Waals surface area contributed by atoms with Crippen molar-refractivity contribution < 1.29 is 0 Å². The Morgan fingerprint density at radius 1 is 1.11 bits per heavy atom. The summed E-state index contributed by atoms with van der Waals surface area (Å²) in [6.07, 6.45) is 7.05. The number of imidazole rings is 1. The molecule has 0 fully saturated rings. The molecule has 0 aliphatic heterocycles. The molecule has 0 N–H and O–H groups in total. The highest BCUT2D eigenvalue weighted by molar-refractivity contribution is 7.99. The van der Waals surface area contributed by atoms with Gasteiger partial charge in [-0.05, 0) is 37.8 Å². The van der Waals surface area contributed by atoms with Gasteiger partial charge in [-0.2, -0.15) is 0 Å². The molecule has 18 heavy (non-hydrogen) atoms. The predicted octanol–water partition coefficient (Wildman–Crippen LogP) is 3.55. The molecule has 0 saturated heterocycles. The maximum absolute atomic E-state index is 4.54. The van der Waals surface area contributed by atoms with Crippen molar-refractivity contribution in [3.63, 3.8) is 0 Å². The fraction of sp³-hybridized carbons (Fsp3) is 0.400. The quantitative estimate of drug-likeness (QED) is 0.780. The second kappa shape index (κ2) is 5.61. The number of hydrogen-bond donors (Lipinski definition) is 0. The summed E-state index contributed by atoms with van der Waals surface area (Å²) < 4.78 is 2.35. The van der Waals surface area contributed by atoms with Gasteiger partial charge in [-0.1, -0.05) is 18.2 Å². The summed E-state index contributed by atoms with van der Waals surface area (Å²) in [7, 11) is 0. The van der Waals surface area contributed by atoms with E-state index in [4.69, 9.17) is 0 Å². The maximum atomic E-state index is 4.54. The number of aromatic nitrogens is 2. The molecule has 1 heterocycles. The van der Waals surface area contributed by atoms with Crippen LogP contribution in [0.25, 0.3) is 0 Å². The van der Waals surface area contributed by atoms with E-state index >= 15 is 0 Å². The molecule has 2 aromatic rings. The molecule has 1 aliphatic rings. The number of thioether (sulfide) groups is 1. The van der Waals surface area contributed by atoms with Gasteiger partial charge in [0.15, 0.2) is 0 Å². The zero-order valence-corrected chi connectivity index (χ0v) is 11.3. The number of benzene rings is 1. The van der Waals surface area contributed by atoms with Crippen molar-refractivity contribution in [3.8, 4) is 0 Å². The van der Waals surface area contributed by atoms with Crippen LogP contribution in [-0.2, 0) is 19.4 Å². The molecule has 2 nitrogen and oxygen atoms in total. The summed E-state index contributed by atoms with van der Waals surface area (Å²) in [4.78, 5) is 5.89. The first-order valence-electron chi connectivity index (χ1n) is 6.64. The lowest BCUT2D eigenvalue weighted by Crippen LogP contribution is -2.09. The van der Waals surface area contributed by atoms with E-state index in [9.17, 15) is 0 Å². The lowest BCUT2D eigenvalue weighted by molar-refractivity contribution is 0.623. The van der Waals surface area contributed by atoms with Crippen LogP contribution >= 0.6 is 11.8 Å². The highest BCUT2D eigenvalue weighted by Gasteiger charge is 2.14. The Morgan fingerprint density at radius 2 is 1.94 bits per heavy atom. The fourth-order valence-electron chi connectivity index (χ4n) is 2.50. The lowest BCUT2D eigenvalue weighted by atomic mass is 10.0. The van der Waals surface area contributed by atoms with E-state index in [0.717, 1.165) is 12.3 Å². The number of aryl methyl sites for hydroxylation is 2. The third kappa shape index (κ3) is 2.61. The highest BCUT2D eigenvalue weighted by Crippen LogP contribution is 2.21. The van der Waals surface area contributed by atoms with E-state index < -0.39 is 0 Å². The number of hydrogen-bond acceptors (Lipinski definition) is 2. The minimum atomic E-state index is 1.07. The molecule has 0 bridgehead atoms. The van der Waals surface area contributed by atoms with Crippen molar-refractivity contribution in [2.45, 2.75) is 37.1 Å². The van der Waals surface area contributed by atoms with Crippen LogP contribution in [0, 0.1) is 0 Å². The third-order valence-corrected chi connectivity index (χ3v) is 4.45. The highest BCUT2D eigenvalue weighted by atomic mass is 32.2. The molecule has 1 aromatic heterocycles. The van der Waals surface area contributed by atoms with E-state index in [1.54, 1.807) is 0 Å².